The van der Waals surface area contributed by atoms with Crippen molar-refractivity contribution in [3.05, 3.63) is 50.1 Å². The van der Waals surface area contributed by atoms with Gasteiger partial charge < -0.3 is 9.84 Å². The van der Waals surface area contributed by atoms with Crippen LogP contribution >= 0.6 is 34.5 Å². The number of thiophene rings is 1. The van der Waals surface area contributed by atoms with Crippen LogP contribution in [0.1, 0.15) is 10.4 Å². The van der Waals surface area contributed by atoms with Gasteiger partial charge in [-0.25, -0.2) is 0 Å². The van der Waals surface area contributed by atoms with Crippen molar-refractivity contribution in [2.45, 2.75) is 6.61 Å². The molecule has 2 aromatic rings. The normalized spacial score (nSPS) is 9.84. The number of rotatable bonds is 3. The van der Waals surface area contributed by atoms with E-state index in [9.17, 15) is 0 Å². The zero-order chi connectivity index (χ0) is 13.7. The van der Waals surface area contributed by atoms with Crippen LogP contribution in [0.15, 0.2) is 29.6 Å². The van der Waals surface area contributed by atoms with Gasteiger partial charge in [0.25, 0.3) is 0 Å². The third-order valence-electron chi connectivity index (χ3n) is 2.24. The van der Waals surface area contributed by atoms with Crippen molar-refractivity contribution in [3.63, 3.8) is 0 Å². The van der Waals surface area contributed by atoms with Crippen molar-refractivity contribution in [3.8, 4) is 17.6 Å². The van der Waals surface area contributed by atoms with Gasteiger partial charge in [0, 0.05) is 21.9 Å². The number of hydrogen-bond donors (Lipinski definition) is 1. The highest BCUT2D eigenvalue weighted by atomic mass is 35.5. The lowest BCUT2D eigenvalue weighted by Crippen LogP contribution is -1.92. The second-order valence-electron chi connectivity index (χ2n) is 3.63. The molecule has 2 rings (SSSR count). The number of halogens is 2. The van der Waals surface area contributed by atoms with Crippen LogP contribution in [0.3, 0.4) is 0 Å². The minimum atomic E-state index is -0.134. The van der Waals surface area contributed by atoms with Crippen molar-refractivity contribution < 1.29 is 9.84 Å². The third-order valence-corrected chi connectivity index (χ3v) is 3.89. The lowest BCUT2D eigenvalue weighted by molar-refractivity contribution is 0.310. The van der Waals surface area contributed by atoms with E-state index in [1.807, 2.05) is 11.4 Å². The summed E-state index contributed by atoms with van der Waals surface area (Å²) in [4.78, 5) is 1.05. The molecule has 1 N–H and O–H groups in total. The van der Waals surface area contributed by atoms with Crippen LogP contribution in [0.25, 0.3) is 0 Å². The highest BCUT2D eigenvalue weighted by Gasteiger charge is 2.02. The molecular formula is C14H10Cl2O2S. The molecule has 0 aliphatic heterocycles. The van der Waals surface area contributed by atoms with Gasteiger partial charge in [-0.3, -0.25) is 0 Å². The second kappa shape index (κ2) is 6.83. The van der Waals surface area contributed by atoms with Gasteiger partial charge in [0.05, 0.1) is 10.0 Å². The van der Waals surface area contributed by atoms with Crippen molar-refractivity contribution in [1.29, 1.82) is 0 Å². The van der Waals surface area contributed by atoms with E-state index in [2.05, 4.69) is 11.8 Å². The number of aliphatic hydroxyl groups excluding tert-OH is 1. The maximum Gasteiger partial charge on any atom is 0.122 e. The Bertz CT molecular complexity index is 626. The summed E-state index contributed by atoms with van der Waals surface area (Å²) in [6.07, 6.45) is 0. The summed E-state index contributed by atoms with van der Waals surface area (Å²) in [5.41, 5.74) is 0.881. The Labute approximate surface area is 125 Å². The number of aliphatic hydroxyl groups is 1. The minimum Gasteiger partial charge on any atom is -0.488 e. The Morgan fingerprint density at radius 3 is 2.79 bits per heavy atom. The standard InChI is InChI=1S/C14H10Cl2O2S/c15-13-4-3-11(7-14(13)16)18-8-12-6-10(9-19-12)2-1-5-17/h3-4,6-7,9,17H,5,8H2. The first-order chi connectivity index (χ1) is 9.19. The molecule has 98 valence electrons. The Morgan fingerprint density at radius 1 is 1.21 bits per heavy atom. The summed E-state index contributed by atoms with van der Waals surface area (Å²) in [5, 5.41) is 11.5. The fourth-order valence-corrected chi connectivity index (χ4v) is 2.40. The van der Waals surface area contributed by atoms with Gasteiger partial charge in [-0.1, -0.05) is 35.0 Å². The highest BCUT2D eigenvalue weighted by molar-refractivity contribution is 7.10. The maximum atomic E-state index is 8.62. The summed E-state index contributed by atoms with van der Waals surface area (Å²) >= 11 is 13.3. The Balaban J connectivity index is 1.98. The Morgan fingerprint density at radius 2 is 2.05 bits per heavy atom. The monoisotopic (exact) mass is 312 g/mol. The zero-order valence-electron chi connectivity index (χ0n) is 9.82. The van der Waals surface area contributed by atoms with Gasteiger partial charge in [-0.05, 0) is 18.2 Å². The fraction of sp³-hybridized carbons (Fsp3) is 0.143. The fourth-order valence-electron chi connectivity index (χ4n) is 1.38. The first-order valence-corrected chi connectivity index (χ1v) is 7.07. The SMILES string of the molecule is OCC#Cc1csc(COc2ccc(Cl)c(Cl)c2)c1. The van der Waals surface area contributed by atoms with Crippen LogP contribution in [0.2, 0.25) is 10.0 Å². The lowest BCUT2D eigenvalue weighted by Gasteiger charge is -2.05. The third kappa shape index (κ3) is 4.15. The first-order valence-electron chi connectivity index (χ1n) is 5.44. The first kappa shape index (κ1) is 14.2. The van der Waals surface area contributed by atoms with Gasteiger partial charge in [-0.2, -0.15) is 0 Å². The second-order valence-corrected chi connectivity index (χ2v) is 5.44. The van der Waals surface area contributed by atoms with Gasteiger partial charge in [0.15, 0.2) is 0 Å². The topological polar surface area (TPSA) is 29.5 Å². The molecule has 0 saturated heterocycles. The smallest absolute Gasteiger partial charge is 0.122 e. The largest absolute Gasteiger partial charge is 0.488 e. The molecule has 0 radical (unpaired) electrons. The summed E-state index contributed by atoms with van der Waals surface area (Å²) in [7, 11) is 0. The molecular weight excluding hydrogens is 303 g/mol. The van der Waals surface area contributed by atoms with Crippen molar-refractivity contribution in [2.24, 2.45) is 0 Å². The lowest BCUT2D eigenvalue weighted by atomic mass is 10.3. The summed E-state index contributed by atoms with van der Waals surface area (Å²) < 4.78 is 5.62. The number of hydrogen-bond acceptors (Lipinski definition) is 3. The zero-order valence-corrected chi connectivity index (χ0v) is 12.1. The molecule has 0 saturated carbocycles. The summed E-state index contributed by atoms with van der Waals surface area (Å²) in [6.45, 7) is 0.314. The van der Waals surface area contributed by atoms with E-state index in [4.69, 9.17) is 33.0 Å². The molecule has 0 unspecified atom stereocenters. The molecule has 0 aliphatic rings. The van der Waals surface area contributed by atoms with E-state index >= 15 is 0 Å². The van der Waals surface area contributed by atoms with E-state index in [0.717, 1.165) is 10.4 Å². The van der Waals surface area contributed by atoms with Crippen LogP contribution in [0, 0.1) is 11.8 Å². The van der Waals surface area contributed by atoms with Crippen LogP contribution < -0.4 is 4.74 Å². The molecule has 2 nitrogen and oxygen atoms in total. The molecule has 0 aliphatic carbocycles. The molecule has 1 heterocycles. The molecule has 1 aromatic carbocycles. The summed E-state index contributed by atoms with van der Waals surface area (Å²) in [6, 6.07) is 7.09. The average Bonchev–Trinajstić information content (AvgIpc) is 2.86. The molecule has 0 spiro atoms. The van der Waals surface area contributed by atoms with Gasteiger partial charge in [0.2, 0.25) is 0 Å². The number of ether oxygens (including phenoxy) is 1. The van der Waals surface area contributed by atoms with E-state index in [1.54, 1.807) is 29.5 Å². The van der Waals surface area contributed by atoms with Crippen LogP contribution in [-0.2, 0) is 6.61 Å². The molecule has 19 heavy (non-hydrogen) atoms. The van der Waals surface area contributed by atoms with Crippen molar-refractivity contribution in [2.75, 3.05) is 6.61 Å². The van der Waals surface area contributed by atoms with Crippen molar-refractivity contribution >= 4 is 34.5 Å². The predicted molar refractivity (Wildman–Crippen MR) is 79.1 cm³/mol. The average molecular weight is 313 g/mol. The highest BCUT2D eigenvalue weighted by Crippen LogP contribution is 2.27. The van der Waals surface area contributed by atoms with Crippen LogP contribution in [0.4, 0.5) is 0 Å². The molecule has 0 fully saturated rings. The molecule has 5 heteroatoms. The van der Waals surface area contributed by atoms with Crippen molar-refractivity contribution in [1.82, 2.24) is 0 Å². The minimum absolute atomic E-state index is 0.134. The predicted octanol–water partition coefficient (Wildman–Crippen LogP) is 3.98. The van der Waals surface area contributed by atoms with E-state index < -0.39 is 0 Å². The van der Waals surface area contributed by atoms with Gasteiger partial charge in [0.1, 0.15) is 19.0 Å². The van der Waals surface area contributed by atoms with Gasteiger partial charge in [-0.15, -0.1) is 11.3 Å². The Hall–Kier alpha value is -1.18. The quantitative estimate of drug-likeness (QED) is 0.869. The van der Waals surface area contributed by atoms with E-state index in [0.29, 0.717) is 22.4 Å². The molecule has 0 amide bonds. The molecule has 0 bridgehead atoms. The Kier molecular flexibility index (Phi) is 5.12. The van der Waals surface area contributed by atoms with E-state index in [1.165, 1.54) is 0 Å². The molecule has 0 atom stereocenters. The number of benzene rings is 1. The van der Waals surface area contributed by atoms with E-state index in [-0.39, 0.29) is 6.61 Å². The van der Waals surface area contributed by atoms with Gasteiger partial charge >= 0.3 is 0 Å². The summed E-state index contributed by atoms with van der Waals surface area (Å²) in [5.74, 6) is 6.12. The van der Waals surface area contributed by atoms with Crippen LogP contribution in [-0.4, -0.2) is 11.7 Å². The molecule has 1 aromatic heterocycles. The maximum absolute atomic E-state index is 8.62. The van der Waals surface area contributed by atoms with Crippen LogP contribution in [0.5, 0.6) is 5.75 Å².